The number of sulfonamides is 1. The summed E-state index contributed by atoms with van der Waals surface area (Å²) in [4.78, 5) is 28.7. The van der Waals surface area contributed by atoms with Crippen molar-refractivity contribution in [3.05, 3.63) is 95.6 Å². The molecule has 1 atom stereocenters. The van der Waals surface area contributed by atoms with Gasteiger partial charge in [-0.15, -0.1) is 0 Å². The van der Waals surface area contributed by atoms with Crippen molar-refractivity contribution in [2.75, 3.05) is 30.0 Å². The molecule has 1 unspecified atom stereocenters. The first-order chi connectivity index (χ1) is 18.2. The van der Waals surface area contributed by atoms with Crippen molar-refractivity contribution < 1.29 is 22.7 Å². The first-order valence-corrected chi connectivity index (χ1v) is 13.6. The minimum Gasteiger partial charge on any atom is -0.468 e. The summed E-state index contributed by atoms with van der Waals surface area (Å²) in [5.41, 5.74) is 8.79. The summed E-state index contributed by atoms with van der Waals surface area (Å²) in [6, 6.07) is 21.4. The van der Waals surface area contributed by atoms with Crippen molar-refractivity contribution in [2.45, 2.75) is 18.2 Å². The van der Waals surface area contributed by atoms with E-state index in [-0.39, 0.29) is 24.0 Å². The summed E-state index contributed by atoms with van der Waals surface area (Å²) in [5, 5.41) is 7.51. The van der Waals surface area contributed by atoms with Gasteiger partial charge in [0.25, 0.3) is 0 Å². The van der Waals surface area contributed by atoms with Crippen LogP contribution in [0.15, 0.2) is 78.9 Å². The molecule has 0 spiro atoms. The Bertz CT molecular complexity index is 1410. The third-order valence-electron chi connectivity index (χ3n) is 6.19. The molecule has 0 radical (unpaired) electrons. The first-order valence-electron chi connectivity index (χ1n) is 11.9. The van der Waals surface area contributed by atoms with E-state index in [0.717, 1.165) is 0 Å². The molecule has 1 saturated heterocycles. The van der Waals surface area contributed by atoms with Gasteiger partial charge >= 0.3 is 12.0 Å². The lowest BCUT2D eigenvalue weighted by Gasteiger charge is -2.20. The van der Waals surface area contributed by atoms with Gasteiger partial charge in [-0.05, 0) is 53.9 Å². The summed E-state index contributed by atoms with van der Waals surface area (Å²) in [7, 11) is -2.59. The molecule has 0 saturated carbocycles. The monoisotopic (exact) mass is 535 g/mol. The SMILES string of the molecule is COC(=O)C(Cc1ccc(N2CCN(c3ccc(C(=N)N)cc3)C2=O)cc1)NS(=O)(=O)Cc1ccccc1. The molecule has 0 aromatic heterocycles. The van der Waals surface area contributed by atoms with E-state index in [1.807, 2.05) is 0 Å². The number of nitrogen functional groups attached to an aromatic ring is 1. The van der Waals surface area contributed by atoms with Gasteiger partial charge in [0.2, 0.25) is 10.0 Å². The summed E-state index contributed by atoms with van der Waals surface area (Å²) in [6.45, 7) is 0.977. The van der Waals surface area contributed by atoms with E-state index >= 15 is 0 Å². The molecule has 38 heavy (non-hydrogen) atoms. The van der Waals surface area contributed by atoms with Gasteiger partial charge in [0, 0.05) is 30.0 Å². The highest BCUT2D eigenvalue weighted by Crippen LogP contribution is 2.26. The van der Waals surface area contributed by atoms with E-state index in [4.69, 9.17) is 15.9 Å². The molecule has 11 heteroatoms. The number of urea groups is 1. The third-order valence-corrected chi connectivity index (χ3v) is 7.55. The zero-order valence-corrected chi connectivity index (χ0v) is 21.6. The van der Waals surface area contributed by atoms with Gasteiger partial charge in [-0.1, -0.05) is 42.5 Å². The van der Waals surface area contributed by atoms with Gasteiger partial charge in [0.15, 0.2) is 0 Å². The molecule has 0 bridgehead atoms. The Balaban J connectivity index is 1.43. The van der Waals surface area contributed by atoms with Crippen molar-refractivity contribution >= 4 is 39.2 Å². The predicted octanol–water partition coefficient (Wildman–Crippen LogP) is 2.62. The minimum atomic E-state index is -3.81. The van der Waals surface area contributed by atoms with Crippen LogP contribution in [0.4, 0.5) is 16.2 Å². The number of hydrogen-bond donors (Lipinski definition) is 3. The van der Waals surface area contributed by atoms with Crippen LogP contribution in [-0.2, 0) is 31.7 Å². The number of carbonyl (C=O) groups excluding carboxylic acids is 2. The van der Waals surface area contributed by atoms with Crippen LogP contribution in [0.2, 0.25) is 0 Å². The molecular formula is C27H29N5O5S. The average molecular weight is 536 g/mol. The quantitative estimate of drug-likeness (QED) is 0.207. The number of amides is 2. The fraction of sp³-hybridized carbons (Fsp3) is 0.222. The molecule has 2 amide bonds. The second-order valence-electron chi connectivity index (χ2n) is 8.86. The molecule has 1 heterocycles. The normalized spacial score (nSPS) is 14.4. The molecule has 10 nitrogen and oxygen atoms in total. The van der Waals surface area contributed by atoms with Gasteiger partial charge < -0.3 is 10.5 Å². The molecular weight excluding hydrogens is 506 g/mol. The van der Waals surface area contributed by atoms with Crippen LogP contribution in [0, 0.1) is 5.41 Å². The molecule has 4 N–H and O–H groups in total. The number of nitrogens with one attached hydrogen (secondary N) is 2. The Morgan fingerprint density at radius 3 is 2.03 bits per heavy atom. The summed E-state index contributed by atoms with van der Waals surface area (Å²) in [6.07, 6.45) is 0.0868. The van der Waals surface area contributed by atoms with E-state index in [2.05, 4.69) is 4.72 Å². The molecule has 1 aliphatic heterocycles. The number of ether oxygens (including phenoxy) is 1. The van der Waals surface area contributed by atoms with Crippen LogP contribution in [0.25, 0.3) is 0 Å². The number of amidine groups is 1. The zero-order chi connectivity index (χ0) is 27.3. The Kier molecular flexibility index (Phi) is 8.08. The molecule has 3 aromatic carbocycles. The van der Waals surface area contributed by atoms with E-state index in [0.29, 0.717) is 41.2 Å². The lowest BCUT2D eigenvalue weighted by atomic mass is 10.1. The van der Waals surface area contributed by atoms with Crippen molar-refractivity contribution in [3.8, 4) is 0 Å². The van der Waals surface area contributed by atoms with Crippen LogP contribution in [0.1, 0.15) is 16.7 Å². The maximum Gasteiger partial charge on any atom is 0.329 e. The highest BCUT2D eigenvalue weighted by Gasteiger charge is 2.31. The maximum atomic E-state index is 13.1. The zero-order valence-electron chi connectivity index (χ0n) is 20.8. The third kappa shape index (κ3) is 6.36. The Labute approximate surface area is 221 Å². The first kappa shape index (κ1) is 26.8. The lowest BCUT2D eigenvalue weighted by molar-refractivity contribution is -0.142. The summed E-state index contributed by atoms with van der Waals surface area (Å²) < 4.78 is 32.7. The lowest BCUT2D eigenvalue weighted by Crippen LogP contribution is -2.43. The van der Waals surface area contributed by atoms with Crippen LogP contribution >= 0.6 is 0 Å². The minimum absolute atomic E-state index is 0.0375. The standard InChI is InChI=1S/C27H29N5O5S/c1-37-26(33)24(30-38(35,36)18-20-5-3-2-4-6-20)17-19-7-11-22(12-8-19)31-15-16-32(27(31)34)23-13-9-21(10-14-23)25(28)29/h2-14,24,30H,15-18H2,1H3,(H3,28,29). The second-order valence-corrected chi connectivity index (χ2v) is 10.6. The van der Waals surface area contributed by atoms with Gasteiger partial charge in [0.05, 0.1) is 12.9 Å². The highest BCUT2D eigenvalue weighted by atomic mass is 32.2. The number of anilines is 2. The van der Waals surface area contributed by atoms with Gasteiger partial charge in [-0.2, -0.15) is 0 Å². The molecule has 1 aliphatic rings. The number of nitrogens with two attached hydrogens (primary N) is 1. The highest BCUT2D eigenvalue weighted by molar-refractivity contribution is 7.88. The van der Waals surface area contributed by atoms with Gasteiger partial charge in [-0.3, -0.25) is 20.0 Å². The van der Waals surface area contributed by atoms with Gasteiger partial charge in [-0.25, -0.2) is 17.9 Å². The average Bonchev–Trinajstić information content (AvgIpc) is 3.29. The molecule has 4 rings (SSSR count). The van der Waals surface area contributed by atoms with E-state index < -0.39 is 22.0 Å². The number of benzene rings is 3. The number of nitrogens with zero attached hydrogens (tertiary/aromatic N) is 2. The number of methoxy groups -OCH3 is 1. The smallest absolute Gasteiger partial charge is 0.329 e. The predicted molar refractivity (Wildman–Crippen MR) is 146 cm³/mol. The second kappa shape index (κ2) is 11.4. The molecule has 1 fully saturated rings. The van der Waals surface area contributed by atoms with Crippen LogP contribution in [-0.4, -0.2) is 52.5 Å². The largest absolute Gasteiger partial charge is 0.468 e. The van der Waals surface area contributed by atoms with Crippen LogP contribution < -0.4 is 20.3 Å². The van der Waals surface area contributed by atoms with E-state index in [1.165, 1.54) is 7.11 Å². The number of hydrogen-bond acceptors (Lipinski definition) is 6. The summed E-state index contributed by atoms with van der Waals surface area (Å²) in [5.74, 6) is -0.984. The van der Waals surface area contributed by atoms with Crippen molar-refractivity contribution in [2.24, 2.45) is 5.73 Å². The van der Waals surface area contributed by atoms with Gasteiger partial charge in [0.1, 0.15) is 11.9 Å². The van der Waals surface area contributed by atoms with E-state index in [1.54, 1.807) is 88.7 Å². The Morgan fingerprint density at radius 1 is 0.947 bits per heavy atom. The fourth-order valence-corrected chi connectivity index (χ4v) is 5.58. The van der Waals surface area contributed by atoms with Crippen molar-refractivity contribution in [3.63, 3.8) is 0 Å². The van der Waals surface area contributed by atoms with Crippen molar-refractivity contribution in [1.29, 1.82) is 5.41 Å². The summed E-state index contributed by atoms with van der Waals surface area (Å²) >= 11 is 0. The topological polar surface area (TPSA) is 146 Å². The Morgan fingerprint density at radius 2 is 1.50 bits per heavy atom. The van der Waals surface area contributed by atoms with Crippen molar-refractivity contribution in [1.82, 2.24) is 4.72 Å². The molecule has 0 aliphatic carbocycles. The number of esters is 1. The fourth-order valence-electron chi connectivity index (χ4n) is 4.25. The molecule has 198 valence electrons. The van der Waals surface area contributed by atoms with E-state index in [9.17, 15) is 18.0 Å². The molecule has 3 aromatic rings. The van der Waals surface area contributed by atoms with Crippen LogP contribution in [0.3, 0.4) is 0 Å². The Hall–Kier alpha value is -4.22. The van der Waals surface area contributed by atoms with Crippen LogP contribution in [0.5, 0.6) is 0 Å². The number of rotatable bonds is 10. The maximum absolute atomic E-state index is 13.1. The number of carbonyl (C=O) groups is 2.